The molecule has 0 spiro atoms. The monoisotopic (exact) mass is 224 g/mol. The van der Waals surface area contributed by atoms with Gasteiger partial charge in [-0.1, -0.05) is 0 Å². The van der Waals surface area contributed by atoms with Crippen LogP contribution in [0, 0.1) is 0 Å². The SMILES string of the molecule is CC(C)N1CCCC1c1ncc(CCO)o1. The van der Waals surface area contributed by atoms with Crippen LogP contribution in [0.15, 0.2) is 10.6 Å². The highest BCUT2D eigenvalue weighted by atomic mass is 16.4. The number of aliphatic hydroxyl groups is 1. The Bertz CT molecular complexity index is 336. The van der Waals surface area contributed by atoms with E-state index < -0.39 is 0 Å². The average Bonchev–Trinajstić information content (AvgIpc) is 2.83. The van der Waals surface area contributed by atoms with Crippen molar-refractivity contribution in [3.63, 3.8) is 0 Å². The van der Waals surface area contributed by atoms with Crippen LogP contribution in [0.1, 0.15) is 44.4 Å². The predicted octanol–water partition coefficient (Wildman–Crippen LogP) is 1.75. The van der Waals surface area contributed by atoms with Gasteiger partial charge in [0.2, 0.25) is 5.89 Å². The third kappa shape index (κ3) is 2.28. The number of nitrogens with zero attached hydrogens (tertiary/aromatic N) is 2. The Morgan fingerprint density at radius 3 is 3.12 bits per heavy atom. The number of hydrogen-bond acceptors (Lipinski definition) is 4. The highest BCUT2D eigenvalue weighted by Crippen LogP contribution is 2.32. The second kappa shape index (κ2) is 4.97. The van der Waals surface area contributed by atoms with E-state index in [1.54, 1.807) is 6.20 Å². The van der Waals surface area contributed by atoms with E-state index in [2.05, 4.69) is 23.7 Å². The first kappa shape index (κ1) is 11.6. The number of hydrogen-bond donors (Lipinski definition) is 1. The first-order chi connectivity index (χ1) is 7.72. The molecule has 0 radical (unpaired) electrons. The van der Waals surface area contributed by atoms with E-state index in [0.717, 1.165) is 24.6 Å². The van der Waals surface area contributed by atoms with Crippen molar-refractivity contribution in [3.8, 4) is 0 Å². The molecule has 1 aliphatic rings. The largest absolute Gasteiger partial charge is 0.444 e. The molecule has 0 aliphatic carbocycles. The summed E-state index contributed by atoms with van der Waals surface area (Å²) in [5.74, 6) is 1.60. The summed E-state index contributed by atoms with van der Waals surface area (Å²) < 4.78 is 5.68. The van der Waals surface area contributed by atoms with Crippen LogP contribution in [0.2, 0.25) is 0 Å². The molecule has 0 aromatic carbocycles. The number of oxazole rings is 1. The van der Waals surface area contributed by atoms with Crippen molar-refractivity contribution >= 4 is 0 Å². The second-order valence-electron chi connectivity index (χ2n) is 4.63. The third-order valence-electron chi connectivity index (χ3n) is 3.17. The van der Waals surface area contributed by atoms with Gasteiger partial charge in [-0.15, -0.1) is 0 Å². The van der Waals surface area contributed by atoms with Crippen LogP contribution in [-0.2, 0) is 6.42 Å². The zero-order valence-corrected chi connectivity index (χ0v) is 10.0. The maximum Gasteiger partial charge on any atom is 0.211 e. The summed E-state index contributed by atoms with van der Waals surface area (Å²) in [6, 6.07) is 0.855. The molecular weight excluding hydrogens is 204 g/mol. The topological polar surface area (TPSA) is 49.5 Å². The Morgan fingerprint density at radius 1 is 1.62 bits per heavy atom. The van der Waals surface area contributed by atoms with E-state index in [9.17, 15) is 0 Å². The fourth-order valence-corrected chi connectivity index (χ4v) is 2.37. The van der Waals surface area contributed by atoms with Crippen LogP contribution in [0.5, 0.6) is 0 Å². The minimum Gasteiger partial charge on any atom is -0.444 e. The molecule has 1 aromatic heterocycles. The zero-order valence-electron chi connectivity index (χ0n) is 10.0. The summed E-state index contributed by atoms with van der Waals surface area (Å²) in [7, 11) is 0. The molecular formula is C12H20N2O2. The molecule has 4 nitrogen and oxygen atoms in total. The average molecular weight is 224 g/mol. The van der Waals surface area contributed by atoms with Gasteiger partial charge >= 0.3 is 0 Å². The molecule has 0 saturated carbocycles. The lowest BCUT2D eigenvalue weighted by Gasteiger charge is -2.25. The summed E-state index contributed by atoms with van der Waals surface area (Å²) >= 11 is 0. The Kier molecular flexibility index (Phi) is 3.61. The first-order valence-corrected chi connectivity index (χ1v) is 6.03. The molecule has 0 bridgehead atoms. The predicted molar refractivity (Wildman–Crippen MR) is 61.1 cm³/mol. The quantitative estimate of drug-likeness (QED) is 0.846. The molecule has 2 rings (SSSR count). The van der Waals surface area contributed by atoms with Crippen LogP contribution in [0.25, 0.3) is 0 Å². The summed E-state index contributed by atoms with van der Waals surface area (Å²) in [5.41, 5.74) is 0. The Morgan fingerprint density at radius 2 is 2.44 bits per heavy atom. The van der Waals surface area contributed by atoms with Crippen molar-refractivity contribution in [3.05, 3.63) is 17.8 Å². The minimum atomic E-state index is 0.118. The molecule has 1 saturated heterocycles. The van der Waals surface area contributed by atoms with Crippen molar-refractivity contribution in [2.75, 3.05) is 13.2 Å². The van der Waals surface area contributed by atoms with E-state index in [-0.39, 0.29) is 6.61 Å². The smallest absolute Gasteiger partial charge is 0.211 e. The van der Waals surface area contributed by atoms with Gasteiger partial charge < -0.3 is 9.52 Å². The summed E-state index contributed by atoms with van der Waals surface area (Å²) in [4.78, 5) is 6.76. The Balaban J connectivity index is 2.10. The molecule has 16 heavy (non-hydrogen) atoms. The summed E-state index contributed by atoms with van der Waals surface area (Å²) in [6.07, 6.45) is 4.63. The fourth-order valence-electron chi connectivity index (χ4n) is 2.37. The molecule has 1 aromatic rings. The number of rotatable bonds is 4. The van der Waals surface area contributed by atoms with E-state index in [1.807, 2.05) is 0 Å². The van der Waals surface area contributed by atoms with Gasteiger partial charge in [0.15, 0.2) is 0 Å². The third-order valence-corrected chi connectivity index (χ3v) is 3.17. The molecule has 1 atom stereocenters. The Labute approximate surface area is 96.3 Å². The van der Waals surface area contributed by atoms with E-state index in [1.165, 1.54) is 6.42 Å². The molecule has 90 valence electrons. The number of likely N-dealkylation sites (tertiary alicyclic amines) is 1. The molecule has 4 heteroatoms. The molecule has 1 N–H and O–H groups in total. The van der Waals surface area contributed by atoms with Gasteiger partial charge in [-0.2, -0.15) is 0 Å². The maximum atomic E-state index is 8.84. The van der Waals surface area contributed by atoms with E-state index in [4.69, 9.17) is 9.52 Å². The highest BCUT2D eigenvalue weighted by Gasteiger charge is 2.31. The van der Waals surface area contributed by atoms with Crippen molar-refractivity contribution in [1.82, 2.24) is 9.88 Å². The second-order valence-corrected chi connectivity index (χ2v) is 4.63. The van der Waals surface area contributed by atoms with Gasteiger partial charge in [0.1, 0.15) is 5.76 Å². The normalized spacial score (nSPS) is 22.1. The van der Waals surface area contributed by atoms with Crippen molar-refractivity contribution in [2.24, 2.45) is 0 Å². The van der Waals surface area contributed by atoms with Crippen LogP contribution < -0.4 is 0 Å². The van der Waals surface area contributed by atoms with E-state index in [0.29, 0.717) is 18.5 Å². The lowest BCUT2D eigenvalue weighted by atomic mass is 10.2. The van der Waals surface area contributed by atoms with Crippen molar-refractivity contribution < 1.29 is 9.52 Å². The molecule has 1 unspecified atom stereocenters. The van der Waals surface area contributed by atoms with Gasteiger partial charge in [-0.05, 0) is 33.2 Å². The van der Waals surface area contributed by atoms with Crippen molar-refractivity contribution in [1.29, 1.82) is 0 Å². The van der Waals surface area contributed by atoms with Crippen LogP contribution in [0.3, 0.4) is 0 Å². The van der Waals surface area contributed by atoms with Gasteiger partial charge in [0, 0.05) is 12.5 Å². The summed E-state index contributed by atoms with van der Waals surface area (Å²) in [6.45, 7) is 5.65. The van der Waals surface area contributed by atoms with Gasteiger partial charge in [0.25, 0.3) is 0 Å². The number of aromatic nitrogens is 1. The summed E-state index contributed by atoms with van der Waals surface area (Å²) in [5, 5.41) is 8.84. The standard InChI is InChI=1S/C12H20N2O2/c1-9(2)14-6-3-4-11(14)12-13-8-10(16-12)5-7-15/h8-9,11,15H,3-7H2,1-2H3. The lowest BCUT2D eigenvalue weighted by molar-refractivity contribution is 0.176. The number of aliphatic hydroxyl groups excluding tert-OH is 1. The van der Waals surface area contributed by atoms with Gasteiger partial charge in [0.05, 0.1) is 18.8 Å². The first-order valence-electron chi connectivity index (χ1n) is 6.03. The minimum absolute atomic E-state index is 0.118. The van der Waals surface area contributed by atoms with Gasteiger partial charge in [-0.25, -0.2) is 4.98 Å². The molecule has 2 heterocycles. The van der Waals surface area contributed by atoms with Crippen LogP contribution in [-0.4, -0.2) is 34.2 Å². The Hall–Kier alpha value is -0.870. The van der Waals surface area contributed by atoms with E-state index >= 15 is 0 Å². The van der Waals surface area contributed by atoms with Crippen molar-refractivity contribution in [2.45, 2.75) is 45.2 Å². The van der Waals surface area contributed by atoms with Crippen LogP contribution in [0.4, 0.5) is 0 Å². The molecule has 1 aliphatic heterocycles. The highest BCUT2D eigenvalue weighted by molar-refractivity contribution is 5.01. The molecule has 0 amide bonds. The molecule has 1 fully saturated rings. The fraction of sp³-hybridized carbons (Fsp3) is 0.750. The van der Waals surface area contributed by atoms with Gasteiger partial charge in [-0.3, -0.25) is 4.90 Å². The maximum absolute atomic E-state index is 8.84. The van der Waals surface area contributed by atoms with Crippen LogP contribution >= 0.6 is 0 Å². The zero-order chi connectivity index (χ0) is 11.5. The lowest BCUT2D eigenvalue weighted by Crippen LogP contribution is -2.30.